The lowest BCUT2D eigenvalue weighted by Gasteiger charge is -2.16. The van der Waals surface area contributed by atoms with Crippen molar-refractivity contribution in [1.82, 2.24) is 14.3 Å². The second kappa shape index (κ2) is 7.59. The molecule has 2 atom stereocenters. The van der Waals surface area contributed by atoms with Gasteiger partial charge in [0.15, 0.2) is 5.82 Å². The molecule has 1 amide bonds. The molecule has 27 heavy (non-hydrogen) atoms. The summed E-state index contributed by atoms with van der Waals surface area (Å²) in [4.78, 5) is 26.6. The molecule has 7 nitrogen and oxygen atoms in total. The number of ether oxygens (including phenoxy) is 1. The van der Waals surface area contributed by atoms with Crippen molar-refractivity contribution in [2.45, 2.75) is 66.7 Å². The van der Waals surface area contributed by atoms with Gasteiger partial charge in [0.25, 0.3) is 0 Å². The highest BCUT2D eigenvalue weighted by molar-refractivity contribution is 7.16. The highest BCUT2D eigenvalue weighted by Gasteiger charge is 2.32. The summed E-state index contributed by atoms with van der Waals surface area (Å²) in [6, 6.07) is -0.0504. The number of thiophene rings is 1. The van der Waals surface area contributed by atoms with Crippen molar-refractivity contribution in [3.8, 4) is 0 Å². The first-order chi connectivity index (χ1) is 12.7. The summed E-state index contributed by atoms with van der Waals surface area (Å²) in [5.74, 6) is 0.667. The van der Waals surface area contributed by atoms with Crippen LogP contribution in [0, 0.1) is 26.7 Å². The number of carbonyl (C=O) groups excluding carboxylic acids is 1. The van der Waals surface area contributed by atoms with Gasteiger partial charge in [0.1, 0.15) is 12.6 Å². The number of carbonyl (C=O) groups is 1. The molecule has 0 radical (unpaired) electrons. The smallest absolute Gasteiger partial charge is 0.346 e. The molecule has 1 saturated heterocycles. The van der Waals surface area contributed by atoms with Gasteiger partial charge in [-0.1, -0.05) is 6.92 Å². The number of nitrogens with one attached hydrogen (secondary N) is 1. The lowest BCUT2D eigenvalue weighted by Crippen LogP contribution is -2.31. The number of aromatic nitrogens is 3. The maximum atomic E-state index is 12.8. The fraction of sp³-hybridized carbons (Fsp3) is 0.632. The van der Waals surface area contributed by atoms with Gasteiger partial charge in [-0.2, -0.15) is 5.10 Å². The standard InChI is InChI=1S/C19H28N4O3S/c1-10(2)23-17(16-11(3)7-8-26-16)21-22(19(23)25)9-15(24)20-18-13(5)12(4)14(6)27-18/h10-11,16H,7-9H2,1-6H3,(H,20,24)/t11-,16+/m1/s1. The van der Waals surface area contributed by atoms with Crippen LogP contribution in [0.5, 0.6) is 0 Å². The second-order valence-corrected chi connectivity index (χ2v) is 8.83. The quantitative estimate of drug-likeness (QED) is 0.846. The molecule has 3 heterocycles. The number of amides is 1. The molecule has 2 aromatic rings. The largest absolute Gasteiger partial charge is 0.370 e. The van der Waals surface area contributed by atoms with Crippen molar-refractivity contribution in [3.05, 3.63) is 32.3 Å². The summed E-state index contributed by atoms with van der Waals surface area (Å²) in [5.41, 5.74) is 1.99. The molecule has 0 aromatic carbocycles. The number of aryl methyl sites for hydroxylation is 1. The molecule has 0 aliphatic carbocycles. The van der Waals surface area contributed by atoms with E-state index in [0.717, 1.165) is 17.0 Å². The van der Waals surface area contributed by atoms with Gasteiger partial charge in [-0.05, 0) is 58.1 Å². The predicted octanol–water partition coefficient (Wildman–Crippen LogP) is 3.35. The second-order valence-electron chi connectivity index (χ2n) is 7.61. The first-order valence-electron chi connectivity index (χ1n) is 9.38. The van der Waals surface area contributed by atoms with Gasteiger partial charge in [-0.25, -0.2) is 9.48 Å². The monoisotopic (exact) mass is 392 g/mol. The summed E-state index contributed by atoms with van der Waals surface area (Å²) >= 11 is 1.55. The van der Waals surface area contributed by atoms with E-state index in [1.54, 1.807) is 15.9 Å². The summed E-state index contributed by atoms with van der Waals surface area (Å²) < 4.78 is 8.70. The normalized spacial score (nSPS) is 19.8. The van der Waals surface area contributed by atoms with Gasteiger partial charge < -0.3 is 10.1 Å². The van der Waals surface area contributed by atoms with Crippen LogP contribution in [0.1, 0.15) is 61.2 Å². The first-order valence-corrected chi connectivity index (χ1v) is 10.2. The number of anilines is 1. The van der Waals surface area contributed by atoms with Crippen LogP contribution >= 0.6 is 11.3 Å². The van der Waals surface area contributed by atoms with E-state index >= 15 is 0 Å². The topological polar surface area (TPSA) is 78.2 Å². The van der Waals surface area contributed by atoms with Crippen LogP contribution in [0.2, 0.25) is 0 Å². The molecule has 3 rings (SSSR count). The molecule has 1 fully saturated rings. The first kappa shape index (κ1) is 19.8. The molecular weight excluding hydrogens is 364 g/mol. The summed E-state index contributed by atoms with van der Waals surface area (Å²) in [5, 5.41) is 8.23. The van der Waals surface area contributed by atoms with E-state index in [1.807, 2.05) is 34.6 Å². The Morgan fingerprint density at radius 2 is 2.04 bits per heavy atom. The Kier molecular flexibility index (Phi) is 5.58. The van der Waals surface area contributed by atoms with E-state index < -0.39 is 0 Å². The molecule has 8 heteroatoms. The predicted molar refractivity (Wildman–Crippen MR) is 107 cm³/mol. The fourth-order valence-electron chi connectivity index (χ4n) is 3.41. The van der Waals surface area contributed by atoms with Crippen LogP contribution in [0.3, 0.4) is 0 Å². The van der Waals surface area contributed by atoms with Gasteiger partial charge in [0.05, 0.1) is 5.00 Å². The lowest BCUT2D eigenvalue weighted by molar-refractivity contribution is -0.117. The third-order valence-electron chi connectivity index (χ3n) is 5.29. The maximum absolute atomic E-state index is 12.8. The maximum Gasteiger partial charge on any atom is 0.346 e. The van der Waals surface area contributed by atoms with E-state index in [2.05, 4.69) is 17.3 Å². The van der Waals surface area contributed by atoms with Gasteiger partial charge in [0.2, 0.25) is 5.91 Å². The molecule has 0 unspecified atom stereocenters. The Balaban J connectivity index is 1.85. The van der Waals surface area contributed by atoms with E-state index in [1.165, 1.54) is 15.1 Å². The van der Waals surface area contributed by atoms with Crippen LogP contribution in [0.25, 0.3) is 0 Å². The molecule has 2 aromatic heterocycles. The van der Waals surface area contributed by atoms with Gasteiger partial charge in [-0.15, -0.1) is 11.3 Å². The molecule has 1 aliphatic rings. The van der Waals surface area contributed by atoms with Gasteiger partial charge in [-0.3, -0.25) is 9.36 Å². The zero-order valence-corrected chi connectivity index (χ0v) is 17.6. The Morgan fingerprint density at radius 1 is 1.33 bits per heavy atom. The van der Waals surface area contributed by atoms with Crippen molar-refractivity contribution in [2.75, 3.05) is 11.9 Å². The fourth-order valence-corrected chi connectivity index (χ4v) is 4.49. The van der Waals surface area contributed by atoms with Crippen molar-refractivity contribution in [3.63, 3.8) is 0 Å². The summed E-state index contributed by atoms with van der Waals surface area (Å²) in [6.45, 7) is 12.6. The minimum Gasteiger partial charge on any atom is -0.370 e. The Hall–Kier alpha value is -1.93. The van der Waals surface area contributed by atoms with Crippen LogP contribution in [0.4, 0.5) is 5.00 Å². The highest BCUT2D eigenvalue weighted by Crippen LogP contribution is 2.33. The zero-order chi connectivity index (χ0) is 19.9. The Morgan fingerprint density at radius 3 is 2.56 bits per heavy atom. The Labute approximate surface area is 163 Å². The molecule has 1 N–H and O–H groups in total. The third-order valence-corrected chi connectivity index (χ3v) is 6.51. The van der Waals surface area contributed by atoms with E-state index in [0.29, 0.717) is 18.3 Å². The summed E-state index contributed by atoms with van der Waals surface area (Å²) in [7, 11) is 0. The van der Waals surface area contributed by atoms with E-state index in [4.69, 9.17) is 4.74 Å². The van der Waals surface area contributed by atoms with Crippen LogP contribution in [0.15, 0.2) is 4.79 Å². The van der Waals surface area contributed by atoms with Crippen molar-refractivity contribution in [1.29, 1.82) is 0 Å². The van der Waals surface area contributed by atoms with Gasteiger partial charge in [0, 0.05) is 17.5 Å². The van der Waals surface area contributed by atoms with E-state index in [9.17, 15) is 9.59 Å². The number of nitrogens with zero attached hydrogens (tertiary/aromatic N) is 3. The summed E-state index contributed by atoms with van der Waals surface area (Å²) in [6.07, 6.45) is 0.745. The molecule has 0 saturated carbocycles. The van der Waals surface area contributed by atoms with Crippen LogP contribution < -0.4 is 11.0 Å². The van der Waals surface area contributed by atoms with Crippen molar-refractivity contribution >= 4 is 22.2 Å². The van der Waals surface area contributed by atoms with E-state index in [-0.39, 0.29) is 30.3 Å². The average molecular weight is 393 g/mol. The third kappa shape index (κ3) is 3.73. The molecule has 0 spiro atoms. The zero-order valence-electron chi connectivity index (χ0n) is 16.8. The van der Waals surface area contributed by atoms with Crippen LogP contribution in [-0.2, 0) is 16.1 Å². The number of hydrogen-bond donors (Lipinski definition) is 1. The van der Waals surface area contributed by atoms with Gasteiger partial charge >= 0.3 is 5.69 Å². The molecule has 0 bridgehead atoms. The Bertz CT molecular complexity index is 909. The van der Waals surface area contributed by atoms with Crippen molar-refractivity contribution < 1.29 is 9.53 Å². The SMILES string of the molecule is Cc1sc(NC(=O)Cn2nc([C@H]3OCC[C@H]3C)n(C(C)C)c2=O)c(C)c1C. The highest BCUT2D eigenvalue weighted by atomic mass is 32.1. The average Bonchev–Trinajstić information content (AvgIpc) is 3.22. The number of rotatable bonds is 5. The minimum atomic E-state index is -0.270. The molecule has 148 valence electrons. The lowest BCUT2D eigenvalue weighted by atomic mass is 10.0. The van der Waals surface area contributed by atoms with Crippen molar-refractivity contribution in [2.24, 2.45) is 5.92 Å². The molecule has 1 aliphatic heterocycles. The molecular formula is C19H28N4O3S. The minimum absolute atomic E-state index is 0.0504. The van der Waals surface area contributed by atoms with Crippen LogP contribution in [-0.4, -0.2) is 26.9 Å². The number of hydrogen-bond acceptors (Lipinski definition) is 5.